The van der Waals surface area contributed by atoms with E-state index in [9.17, 15) is 10.4 Å². The molecule has 1 N–H and O–H groups in total. The van der Waals surface area contributed by atoms with Crippen LogP contribution < -0.4 is 0 Å². The van der Waals surface area contributed by atoms with E-state index in [4.69, 9.17) is 0 Å². The number of aliphatic hydroxyl groups excluding tert-OH is 1. The van der Waals surface area contributed by atoms with Crippen molar-refractivity contribution < 1.29 is 5.11 Å². The lowest BCUT2D eigenvalue weighted by Crippen LogP contribution is -2.30. The van der Waals surface area contributed by atoms with Crippen molar-refractivity contribution in [2.75, 3.05) is 0 Å². The summed E-state index contributed by atoms with van der Waals surface area (Å²) in [6, 6.07) is 8.45. The van der Waals surface area contributed by atoms with Crippen molar-refractivity contribution in [2.45, 2.75) is 52.1 Å². The highest BCUT2D eigenvalue weighted by Crippen LogP contribution is 2.46. The van der Waals surface area contributed by atoms with Crippen LogP contribution in [-0.4, -0.2) is 5.11 Å². The van der Waals surface area contributed by atoms with Gasteiger partial charge in [-0.3, -0.25) is 0 Å². The van der Waals surface area contributed by atoms with Crippen LogP contribution in [0.3, 0.4) is 0 Å². The first-order chi connectivity index (χ1) is 8.60. The summed E-state index contributed by atoms with van der Waals surface area (Å²) in [5.41, 5.74) is 2.56. The smallest absolute Gasteiger partial charge is 0.0981 e. The number of aliphatic hydroxyl groups is 1. The molecule has 0 aliphatic heterocycles. The summed E-state index contributed by atoms with van der Waals surface area (Å²) < 4.78 is 0. The summed E-state index contributed by atoms with van der Waals surface area (Å²) in [5, 5.41) is 20.3. The van der Waals surface area contributed by atoms with Crippen LogP contribution in [0.5, 0.6) is 0 Å². The molecule has 1 fully saturated rings. The lowest BCUT2D eigenvalue weighted by Gasteiger charge is -2.36. The molecule has 0 amide bonds. The number of rotatable bonds is 2. The highest BCUT2D eigenvalue weighted by atomic mass is 16.3. The van der Waals surface area contributed by atoms with Gasteiger partial charge in [0.2, 0.25) is 0 Å². The monoisotopic (exact) mass is 243 g/mol. The molecule has 1 saturated carbocycles. The second-order valence-corrected chi connectivity index (χ2v) is 5.54. The Kier molecular flexibility index (Phi) is 3.73. The Morgan fingerprint density at radius 3 is 2.22 bits per heavy atom. The average Bonchev–Trinajstić information content (AvgIpc) is 2.39. The molecule has 1 aliphatic rings. The zero-order valence-corrected chi connectivity index (χ0v) is 11.2. The predicted octanol–water partition coefficient (Wildman–Crippen LogP) is 3.81. The molecule has 0 radical (unpaired) electrons. The summed E-state index contributed by atoms with van der Waals surface area (Å²) in [6.45, 7) is 4.03. The van der Waals surface area contributed by atoms with E-state index in [1.807, 2.05) is 32.0 Å². The molecule has 1 aromatic carbocycles. The molecule has 1 atom stereocenters. The molecule has 0 aromatic heterocycles. The fraction of sp³-hybridized carbons (Fsp3) is 0.562. The average molecular weight is 243 g/mol. The van der Waals surface area contributed by atoms with E-state index >= 15 is 0 Å². The SMILES string of the molecule is Cc1cccc(C)c1C(O)C1(C#N)CCCCC1. The van der Waals surface area contributed by atoms with Crippen LogP contribution in [0.25, 0.3) is 0 Å². The van der Waals surface area contributed by atoms with E-state index in [1.165, 1.54) is 6.42 Å². The zero-order valence-electron chi connectivity index (χ0n) is 11.2. The lowest BCUT2D eigenvalue weighted by molar-refractivity contribution is 0.0351. The third-order valence-electron chi connectivity index (χ3n) is 4.31. The van der Waals surface area contributed by atoms with Gasteiger partial charge in [0.05, 0.1) is 17.6 Å². The Balaban J connectivity index is 2.41. The summed E-state index contributed by atoms with van der Waals surface area (Å²) >= 11 is 0. The van der Waals surface area contributed by atoms with Gasteiger partial charge in [0.1, 0.15) is 0 Å². The van der Waals surface area contributed by atoms with Crippen molar-refractivity contribution in [1.82, 2.24) is 0 Å². The fourth-order valence-corrected chi connectivity index (χ4v) is 3.16. The van der Waals surface area contributed by atoms with Gasteiger partial charge in [-0.2, -0.15) is 5.26 Å². The number of nitrogens with zero attached hydrogens (tertiary/aromatic N) is 1. The van der Waals surface area contributed by atoms with Gasteiger partial charge in [-0.25, -0.2) is 0 Å². The van der Waals surface area contributed by atoms with Gasteiger partial charge < -0.3 is 5.11 Å². The number of hydrogen-bond donors (Lipinski definition) is 1. The minimum Gasteiger partial charge on any atom is -0.387 e. The zero-order chi connectivity index (χ0) is 13.2. The number of nitriles is 1. The Morgan fingerprint density at radius 1 is 1.17 bits per heavy atom. The van der Waals surface area contributed by atoms with Gasteiger partial charge in [-0.15, -0.1) is 0 Å². The van der Waals surface area contributed by atoms with Crippen molar-refractivity contribution in [3.05, 3.63) is 34.9 Å². The molecule has 1 unspecified atom stereocenters. The first-order valence-corrected chi connectivity index (χ1v) is 6.76. The second kappa shape index (κ2) is 5.12. The topological polar surface area (TPSA) is 44.0 Å². The van der Waals surface area contributed by atoms with Gasteiger partial charge in [-0.1, -0.05) is 37.5 Å². The van der Waals surface area contributed by atoms with Crippen molar-refractivity contribution >= 4 is 0 Å². The molecule has 96 valence electrons. The fourth-order valence-electron chi connectivity index (χ4n) is 3.16. The van der Waals surface area contributed by atoms with E-state index in [2.05, 4.69) is 6.07 Å². The number of hydrogen-bond acceptors (Lipinski definition) is 2. The highest BCUT2D eigenvalue weighted by Gasteiger charge is 2.41. The van der Waals surface area contributed by atoms with E-state index in [-0.39, 0.29) is 0 Å². The second-order valence-electron chi connectivity index (χ2n) is 5.54. The molecule has 18 heavy (non-hydrogen) atoms. The van der Waals surface area contributed by atoms with Crippen LogP contribution in [-0.2, 0) is 0 Å². The summed E-state index contributed by atoms with van der Waals surface area (Å²) in [6.07, 6.45) is 4.27. The van der Waals surface area contributed by atoms with Gasteiger partial charge in [0.15, 0.2) is 0 Å². The molecule has 2 nitrogen and oxygen atoms in total. The van der Waals surface area contributed by atoms with Crippen LogP contribution in [0.4, 0.5) is 0 Å². The lowest BCUT2D eigenvalue weighted by atomic mass is 9.68. The Hall–Kier alpha value is -1.33. The molecule has 2 rings (SSSR count). The highest BCUT2D eigenvalue weighted by molar-refractivity contribution is 5.37. The molecular formula is C16H21NO. The molecular weight excluding hydrogens is 222 g/mol. The molecule has 0 bridgehead atoms. The molecule has 0 spiro atoms. The molecule has 1 aromatic rings. The van der Waals surface area contributed by atoms with Crippen LogP contribution >= 0.6 is 0 Å². The van der Waals surface area contributed by atoms with Gasteiger partial charge in [-0.05, 0) is 43.4 Å². The van der Waals surface area contributed by atoms with E-state index in [1.54, 1.807) is 0 Å². The van der Waals surface area contributed by atoms with Crippen LogP contribution in [0.2, 0.25) is 0 Å². The largest absolute Gasteiger partial charge is 0.387 e. The first kappa shape index (κ1) is 13.1. The van der Waals surface area contributed by atoms with Crippen molar-refractivity contribution in [2.24, 2.45) is 5.41 Å². The maximum Gasteiger partial charge on any atom is 0.0981 e. The number of aryl methyl sites for hydroxylation is 2. The molecule has 0 saturated heterocycles. The van der Waals surface area contributed by atoms with E-state index < -0.39 is 11.5 Å². The maximum absolute atomic E-state index is 10.7. The Labute approximate surface area is 109 Å². The van der Waals surface area contributed by atoms with Gasteiger partial charge >= 0.3 is 0 Å². The van der Waals surface area contributed by atoms with Crippen molar-refractivity contribution in [1.29, 1.82) is 5.26 Å². The van der Waals surface area contributed by atoms with E-state index in [0.29, 0.717) is 0 Å². The molecule has 1 aliphatic carbocycles. The minimum absolute atomic E-state index is 0.574. The first-order valence-electron chi connectivity index (χ1n) is 6.76. The maximum atomic E-state index is 10.7. The molecule has 0 heterocycles. The van der Waals surface area contributed by atoms with Crippen molar-refractivity contribution in [3.8, 4) is 6.07 Å². The Bertz CT molecular complexity index is 446. The van der Waals surface area contributed by atoms with Crippen LogP contribution in [0, 0.1) is 30.6 Å². The normalized spacial score (nSPS) is 20.1. The summed E-state index contributed by atoms with van der Waals surface area (Å²) in [5.74, 6) is 0. The minimum atomic E-state index is -0.649. The van der Waals surface area contributed by atoms with Crippen molar-refractivity contribution in [3.63, 3.8) is 0 Å². The summed E-state index contributed by atoms with van der Waals surface area (Å²) in [7, 11) is 0. The summed E-state index contributed by atoms with van der Waals surface area (Å²) in [4.78, 5) is 0. The Morgan fingerprint density at radius 2 is 1.72 bits per heavy atom. The van der Waals surface area contributed by atoms with E-state index in [0.717, 1.165) is 42.4 Å². The van der Waals surface area contributed by atoms with Gasteiger partial charge in [0, 0.05) is 0 Å². The molecule has 2 heteroatoms. The number of benzene rings is 1. The quantitative estimate of drug-likeness (QED) is 0.858. The van der Waals surface area contributed by atoms with Crippen LogP contribution in [0.1, 0.15) is 54.9 Å². The van der Waals surface area contributed by atoms with Crippen LogP contribution in [0.15, 0.2) is 18.2 Å². The predicted molar refractivity (Wildman–Crippen MR) is 72.0 cm³/mol. The third-order valence-corrected chi connectivity index (χ3v) is 4.31. The standard InChI is InChI=1S/C16H21NO/c1-12-7-6-8-13(2)14(12)15(18)16(11-17)9-4-3-5-10-16/h6-8,15,18H,3-5,9-10H2,1-2H3. The van der Waals surface area contributed by atoms with Gasteiger partial charge in [0.25, 0.3) is 0 Å². The third kappa shape index (κ3) is 2.15.